The highest BCUT2D eigenvalue weighted by Gasteiger charge is 2.27. The van der Waals surface area contributed by atoms with E-state index in [1.54, 1.807) is 7.11 Å². The molecule has 0 saturated heterocycles. The number of ether oxygens (including phenoxy) is 2. The minimum absolute atomic E-state index is 0.341. The highest BCUT2D eigenvalue weighted by Crippen LogP contribution is 2.40. The Morgan fingerprint density at radius 3 is 2.64 bits per heavy atom. The lowest BCUT2D eigenvalue weighted by Crippen LogP contribution is -2.39. The Morgan fingerprint density at radius 1 is 1.33 bits per heavy atom. The van der Waals surface area contributed by atoms with Crippen LogP contribution in [0.25, 0.3) is 5.65 Å². The normalized spacial score (nSPS) is 16.5. The van der Waals surface area contributed by atoms with Crippen LogP contribution in [0.1, 0.15) is 69.5 Å². The summed E-state index contributed by atoms with van der Waals surface area (Å²) < 4.78 is 12.9. The number of carbonyl (C=O) groups is 1. The quantitative estimate of drug-likeness (QED) is 0.319. The third kappa shape index (κ3) is 6.78. The first-order chi connectivity index (χ1) is 15.8. The summed E-state index contributed by atoms with van der Waals surface area (Å²) in [6.45, 7) is 12.3. The largest absolute Gasteiger partial charge is 0.491 e. The van der Waals surface area contributed by atoms with Crippen LogP contribution in [0, 0.1) is 6.92 Å². The van der Waals surface area contributed by atoms with E-state index in [0.717, 1.165) is 35.4 Å². The molecule has 2 aliphatic rings. The highest BCUT2D eigenvalue weighted by atomic mass is 16.5. The van der Waals surface area contributed by atoms with Gasteiger partial charge in [0.05, 0.1) is 29.6 Å². The van der Waals surface area contributed by atoms with Crippen LogP contribution < -0.4 is 5.32 Å². The molecule has 7 heteroatoms. The van der Waals surface area contributed by atoms with Crippen LogP contribution in [-0.2, 0) is 20.9 Å². The zero-order valence-electron chi connectivity index (χ0n) is 20.4. The van der Waals surface area contributed by atoms with Gasteiger partial charge in [-0.15, -0.1) is 0 Å². The molecule has 2 saturated carbocycles. The first-order valence-corrected chi connectivity index (χ1v) is 11.5. The Kier molecular flexibility index (Phi) is 8.08. The van der Waals surface area contributed by atoms with Gasteiger partial charge in [-0.2, -0.15) is 0 Å². The standard InChI is InChI=1S/C14H21NO2.C12H15N3O/c1-5-6-12(14(3,4)15-10-16)9-11(2)17-13-7-8-13;1-8-12-14-10(6-16-2)5-11(9-3-4-9)15(12)7-13-8/h5-6,9-10,13H,2,7-8H2,1,3-4H3,(H,15,16);5,7,9H,3-4,6H2,1-2H3/b6-5-,12-9+;. The molecule has 0 bridgehead atoms. The molecule has 0 atom stereocenters. The molecular formula is C26H36N4O3. The van der Waals surface area contributed by atoms with Crippen LogP contribution in [-0.4, -0.2) is 39.5 Å². The molecule has 0 aliphatic heterocycles. The molecule has 0 radical (unpaired) electrons. The number of aryl methyl sites for hydroxylation is 1. The van der Waals surface area contributed by atoms with Crippen molar-refractivity contribution in [1.82, 2.24) is 19.7 Å². The van der Waals surface area contributed by atoms with E-state index >= 15 is 0 Å². The van der Waals surface area contributed by atoms with Crippen LogP contribution in [0.2, 0.25) is 0 Å². The maximum absolute atomic E-state index is 10.6. The van der Waals surface area contributed by atoms with Gasteiger partial charge >= 0.3 is 0 Å². The molecule has 2 fully saturated rings. The molecule has 4 rings (SSSR count). The first-order valence-electron chi connectivity index (χ1n) is 11.5. The average Bonchev–Trinajstić information content (AvgIpc) is 3.68. The average molecular weight is 453 g/mol. The summed E-state index contributed by atoms with van der Waals surface area (Å²) in [5.41, 5.74) is 4.83. The third-order valence-electron chi connectivity index (χ3n) is 5.70. The van der Waals surface area contributed by atoms with E-state index in [4.69, 9.17) is 9.47 Å². The van der Waals surface area contributed by atoms with Crippen LogP contribution in [0.15, 0.2) is 48.5 Å². The number of nitrogens with zero attached hydrogens (tertiary/aromatic N) is 3. The van der Waals surface area contributed by atoms with Gasteiger partial charge < -0.3 is 14.8 Å². The summed E-state index contributed by atoms with van der Waals surface area (Å²) in [6, 6.07) is 2.15. The number of carbonyl (C=O) groups excluding carboxylic acids is 1. The third-order valence-corrected chi connectivity index (χ3v) is 5.70. The van der Waals surface area contributed by atoms with Gasteiger partial charge in [0.1, 0.15) is 12.1 Å². The summed E-state index contributed by atoms with van der Waals surface area (Å²) >= 11 is 0. The molecule has 33 heavy (non-hydrogen) atoms. The molecule has 0 aromatic carbocycles. The number of rotatable bonds is 10. The zero-order valence-corrected chi connectivity index (χ0v) is 20.4. The molecule has 0 unspecified atom stereocenters. The maximum Gasteiger partial charge on any atom is 0.207 e. The van der Waals surface area contributed by atoms with Crippen molar-refractivity contribution in [2.75, 3.05) is 7.11 Å². The number of hydrogen-bond donors (Lipinski definition) is 1. The van der Waals surface area contributed by atoms with Gasteiger partial charge in [-0.05, 0) is 77.0 Å². The molecule has 7 nitrogen and oxygen atoms in total. The van der Waals surface area contributed by atoms with E-state index in [-0.39, 0.29) is 0 Å². The van der Waals surface area contributed by atoms with Gasteiger partial charge in [-0.25, -0.2) is 9.97 Å². The molecule has 0 spiro atoms. The minimum atomic E-state index is -0.426. The van der Waals surface area contributed by atoms with Gasteiger partial charge in [0.25, 0.3) is 0 Å². The van der Waals surface area contributed by atoms with E-state index in [1.807, 2.05) is 52.3 Å². The Morgan fingerprint density at radius 2 is 2.06 bits per heavy atom. The Balaban J connectivity index is 0.000000186. The minimum Gasteiger partial charge on any atom is -0.491 e. The molecule has 2 heterocycles. The predicted molar refractivity (Wildman–Crippen MR) is 130 cm³/mol. The predicted octanol–water partition coefficient (Wildman–Crippen LogP) is 4.77. The van der Waals surface area contributed by atoms with Crippen LogP contribution in [0.4, 0.5) is 0 Å². The molecule has 2 aliphatic carbocycles. The maximum atomic E-state index is 10.6. The molecule has 2 aromatic rings. The Bertz CT molecular complexity index is 1040. The van der Waals surface area contributed by atoms with E-state index in [0.29, 0.717) is 30.8 Å². The fourth-order valence-corrected chi connectivity index (χ4v) is 3.53. The summed E-state index contributed by atoms with van der Waals surface area (Å²) in [6.07, 6.45) is 13.5. The summed E-state index contributed by atoms with van der Waals surface area (Å²) in [5, 5.41) is 2.78. The number of hydrogen-bond acceptors (Lipinski definition) is 5. The van der Waals surface area contributed by atoms with Crippen molar-refractivity contribution in [1.29, 1.82) is 0 Å². The van der Waals surface area contributed by atoms with E-state index < -0.39 is 5.54 Å². The summed E-state index contributed by atoms with van der Waals surface area (Å²) in [5.74, 6) is 1.34. The Labute approximate surface area is 196 Å². The van der Waals surface area contributed by atoms with Crippen LogP contribution in [0.3, 0.4) is 0 Å². The molecule has 1 N–H and O–H groups in total. The van der Waals surface area contributed by atoms with E-state index in [2.05, 4.69) is 32.3 Å². The summed E-state index contributed by atoms with van der Waals surface area (Å²) in [4.78, 5) is 19.5. The van der Waals surface area contributed by atoms with Crippen molar-refractivity contribution in [2.24, 2.45) is 0 Å². The monoisotopic (exact) mass is 452 g/mol. The number of fused-ring (bicyclic) bond motifs is 1. The molecular weight excluding hydrogens is 416 g/mol. The van der Waals surface area contributed by atoms with Crippen molar-refractivity contribution >= 4 is 12.1 Å². The number of allylic oxidation sites excluding steroid dienone is 2. The fourth-order valence-electron chi connectivity index (χ4n) is 3.53. The fraction of sp³-hybridized carbons (Fsp3) is 0.500. The van der Waals surface area contributed by atoms with Crippen molar-refractivity contribution < 1.29 is 14.3 Å². The van der Waals surface area contributed by atoms with Crippen molar-refractivity contribution in [3.8, 4) is 0 Å². The highest BCUT2D eigenvalue weighted by molar-refractivity contribution is 5.51. The molecule has 2 aromatic heterocycles. The lowest BCUT2D eigenvalue weighted by atomic mass is 9.93. The number of amides is 1. The second kappa shape index (κ2) is 10.8. The van der Waals surface area contributed by atoms with Crippen LogP contribution >= 0.6 is 0 Å². The smallest absolute Gasteiger partial charge is 0.207 e. The van der Waals surface area contributed by atoms with Gasteiger partial charge in [0.15, 0.2) is 5.65 Å². The number of nitrogens with one attached hydrogen (secondary N) is 1. The van der Waals surface area contributed by atoms with E-state index in [1.165, 1.54) is 18.5 Å². The van der Waals surface area contributed by atoms with Crippen molar-refractivity contribution in [3.63, 3.8) is 0 Å². The van der Waals surface area contributed by atoms with Gasteiger partial charge in [0.2, 0.25) is 6.41 Å². The number of imidazole rings is 1. The van der Waals surface area contributed by atoms with E-state index in [9.17, 15) is 4.79 Å². The summed E-state index contributed by atoms with van der Waals surface area (Å²) in [7, 11) is 1.70. The SMILES string of the molecule is C=C(/C=C(\C=C/C)C(C)(C)NC=O)OC1CC1.COCc1cc(C2CC2)n2cnc(C)c2n1. The zero-order chi connectivity index (χ0) is 24.0. The second-order valence-electron chi connectivity index (χ2n) is 9.17. The second-order valence-corrected chi connectivity index (χ2v) is 9.17. The van der Waals surface area contributed by atoms with Gasteiger partial charge in [-0.1, -0.05) is 18.7 Å². The first kappa shape index (κ1) is 24.7. The lowest BCUT2D eigenvalue weighted by molar-refractivity contribution is -0.110. The van der Waals surface area contributed by atoms with Gasteiger partial charge in [-0.3, -0.25) is 9.20 Å². The lowest BCUT2D eigenvalue weighted by Gasteiger charge is -2.26. The Hall–Kier alpha value is -2.93. The van der Waals surface area contributed by atoms with Crippen molar-refractivity contribution in [3.05, 3.63) is 65.6 Å². The van der Waals surface area contributed by atoms with Gasteiger partial charge in [0, 0.05) is 12.8 Å². The van der Waals surface area contributed by atoms with Crippen molar-refractivity contribution in [2.45, 2.75) is 77.5 Å². The topological polar surface area (TPSA) is 77.8 Å². The molecule has 1 amide bonds. The van der Waals surface area contributed by atoms with Crippen LogP contribution in [0.5, 0.6) is 0 Å². The number of methoxy groups -OCH3 is 1. The number of aromatic nitrogens is 3. The molecule has 178 valence electrons.